The average molecular weight is 305 g/mol. The highest BCUT2D eigenvalue weighted by Gasteiger charge is 2.17. The number of pyridine rings is 1. The first-order chi connectivity index (χ1) is 5.52. The molecule has 0 radical (unpaired) electrons. The summed E-state index contributed by atoms with van der Waals surface area (Å²) < 4.78 is 37.0. The van der Waals surface area contributed by atoms with E-state index in [2.05, 4.69) is 36.8 Å². The van der Waals surface area contributed by atoms with Gasteiger partial charge in [0.1, 0.15) is 5.69 Å². The molecule has 0 saturated carbocycles. The molecular formula is C6H2Br2F3N. The van der Waals surface area contributed by atoms with Crippen LogP contribution in [0.15, 0.2) is 15.0 Å². The van der Waals surface area contributed by atoms with E-state index in [1.54, 1.807) is 0 Å². The van der Waals surface area contributed by atoms with Gasteiger partial charge in [-0.2, -0.15) is 4.39 Å². The molecule has 1 aromatic heterocycles. The molecule has 1 rings (SSSR count). The largest absolute Gasteiger partial charge is 0.281 e. The van der Waals surface area contributed by atoms with Crippen LogP contribution in [0.3, 0.4) is 0 Å². The summed E-state index contributed by atoms with van der Waals surface area (Å²) in [5, 5.41) is 0. The maximum atomic E-state index is 12.5. The van der Waals surface area contributed by atoms with Crippen LogP contribution in [0, 0.1) is 5.95 Å². The Morgan fingerprint density at radius 2 is 1.92 bits per heavy atom. The van der Waals surface area contributed by atoms with E-state index in [-0.39, 0.29) is 8.95 Å². The summed E-state index contributed by atoms with van der Waals surface area (Å²) in [6.45, 7) is 0. The number of rotatable bonds is 1. The van der Waals surface area contributed by atoms with Crippen molar-refractivity contribution in [2.24, 2.45) is 0 Å². The Morgan fingerprint density at radius 3 is 2.42 bits per heavy atom. The second kappa shape index (κ2) is 3.74. The van der Waals surface area contributed by atoms with Crippen LogP contribution in [0.1, 0.15) is 12.1 Å². The molecule has 66 valence electrons. The number of hydrogen-bond donors (Lipinski definition) is 0. The quantitative estimate of drug-likeness (QED) is 0.721. The van der Waals surface area contributed by atoms with Crippen LogP contribution in [-0.2, 0) is 0 Å². The predicted octanol–water partition coefficient (Wildman–Crippen LogP) is 3.68. The van der Waals surface area contributed by atoms with Crippen molar-refractivity contribution in [1.82, 2.24) is 4.98 Å². The Balaban J connectivity index is 3.28. The molecule has 0 saturated heterocycles. The third-order valence-electron chi connectivity index (χ3n) is 1.11. The minimum atomic E-state index is -2.79. The van der Waals surface area contributed by atoms with Crippen LogP contribution in [0.5, 0.6) is 0 Å². The molecule has 0 spiro atoms. The van der Waals surface area contributed by atoms with Gasteiger partial charge in [0.15, 0.2) is 0 Å². The first kappa shape index (κ1) is 9.98. The minimum absolute atomic E-state index is 0.0823. The van der Waals surface area contributed by atoms with Gasteiger partial charge in [-0.1, -0.05) is 0 Å². The van der Waals surface area contributed by atoms with Gasteiger partial charge >= 0.3 is 0 Å². The summed E-state index contributed by atoms with van der Waals surface area (Å²) in [5.74, 6) is -0.930. The maximum absolute atomic E-state index is 12.5. The summed E-state index contributed by atoms with van der Waals surface area (Å²) in [4.78, 5) is 3.04. The molecule has 0 aliphatic rings. The Kier molecular flexibility index (Phi) is 3.11. The van der Waals surface area contributed by atoms with E-state index in [1.165, 1.54) is 0 Å². The van der Waals surface area contributed by atoms with Crippen molar-refractivity contribution in [3.8, 4) is 0 Å². The molecule has 0 bridgehead atoms. The number of nitrogens with zero attached hydrogens (tertiary/aromatic N) is 1. The van der Waals surface area contributed by atoms with E-state index in [0.29, 0.717) is 0 Å². The van der Waals surface area contributed by atoms with Crippen molar-refractivity contribution in [1.29, 1.82) is 0 Å². The molecule has 0 aliphatic heterocycles. The van der Waals surface area contributed by atoms with Gasteiger partial charge in [0, 0.05) is 10.5 Å². The lowest BCUT2D eigenvalue weighted by Gasteiger charge is -2.03. The van der Waals surface area contributed by atoms with Crippen molar-refractivity contribution >= 4 is 31.9 Å². The molecule has 0 aromatic carbocycles. The average Bonchev–Trinajstić information content (AvgIpc) is 1.96. The second-order valence-electron chi connectivity index (χ2n) is 1.93. The van der Waals surface area contributed by atoms with Crippen molar-refractivity contribution in [2.45, 2.75) is 6.43 Å². The lowest BCUT2D eigenvalue weighted by molar-refractivity contribution is 0.143. The van der Waals surface area contributed by atoms with Crippen molar-refractivity contribution in [3.05, 3.63) is 26.7 Å². The Hall–Kier alpha value is -0.100. The van der Waals surface area contributed by atoms with Crippen LogP contribution in [0.2, 0.25) is 0 Å². The van der Waals surface area contributed by atoms with E-state index < -0.39 is 18.1 Å². The Morgan fingerprint density at radius 1 is 1.33 bits per heavy atom. The molecule has 0 aliphatic carbocycles. The van der Waals surface area contributed by atoms with Gasteiger partial charge in [0.25, 0.3) is 6.43 Å². The zero-order chi connectivity index (χ0) is 9.30. The van der Waals surface area contributed by atoms with E-state index in [1.807, 2.05) is 0 Å². The molecular weight excluding hydrogens is 303 g/mol. The molecule has 6 heteroatoms. The molecule has 12 heavy (non-hydrogen) atoms. The summed E-state index contributed by atoms with van der Waals surface area (Å²) in [6, 6.07) is 1.01. The third kappa shape index (κ3) is 1.98. The topological polar surface area (TPSA) is 12.9 Å². The first-order valence-electron chi connectivity index (χ1n) is 2.82. The Labute approximate surface area is 83.2 Å². The fraction of sp³-hybridized carbons (Fsp3) is 0.167. The van der Waals surface area contributed by atoms with Crippen LogP contribution in [0.4, 0.5) is 13.2 Å². The summed E-state index contributed by atoms with van der Waals surface area (Å²) >= 11 is 5.76. The molecule has 1 heterocycles. The van der Waals surface area contributed by atoms with Gasteiger partial charge in [-0.15, -0.1) is 0 Å². The molecule has 0 N–H and O–H groups in total. The molecule has 0 atom stereocenters. The number of alkyl halides is 2. The number of halogens is 5. The smallest absolute Gasteiger partial charge is 0.217 e. The Bertz CT molecular complexity index is 303. The second-order valence-corrected chi connectivity index (χ2v) is 3.57. The zero-order valence-corrected chi connectivity index (χ0v) is 8.66. The first-order valence-corrected chi connectivity index (χ1v) is 4.40. The monoisotopic (exact) mass is 303 g/mol. The van der Waals surface area contributed by atoms with Crippen LogP contribution in [-0.4, -0.2) is 4.98 Å². The van der Waals surface area contributed by atoms with Crippen LogP contribution >= 0.6 is 31.9 Å². The van der Waals surface area contributed by atoms with Crippen LogP contribution in [0.25, 0.3) is 0 Å². The fourth-order valence-electron chi connectivity index (χ4n) is 0.631. The number of hydrogen-bond acceptors (Lipinski definition) is 1. The molecule has 1 nitrogen and oxygen atoms in total. The normalized spacial score (nSPS) is 10.8. The van der Waals surface area contributed by atoms with E-state index >= 15 is 0 Å². The third-order valence-corrected chi connectivity index (χ3v) is 3.11. The molecule has 0 amide bonds. The summed E-state index contributed by atoms with van der Waals surface area (Å²) in [7, 11) is 0. The lowest BCUT2D eigenvalue weighted by atomic mass is 10.3. The van der Waals surface area contributed by atoms with Gasteiger partial charge in [-0.3, -0.25) is 0 Å². The van der Waals surface area contributed by atoms with Gasteiger partial charge in [-0.25, -0.2) is 13.8 Å². The van der Waals surface area contributed by atoms with Crippen molar-refractivity contribution in [3.63, 3.8) is 0 Å². The molecule has 0 unspecified atom stereocenters. The van der Waals surface area contributed by atoms with Crippen molar-refractivity contribution < 1.29 is 13.2 Å². The number of aromatic nitrogens is 1. The highest BCUT2D eigenvalue weighted by atomic mass is 79.9. The molecule has 0 fully saturated rings. The highest BCUT2D eigenvalue weighted by molar-refractivity contribution is 9.13. The highest BCUT2D eigenvalue weighted by Crippen LogP contribution is 2.31. The lowest BCUT2D eigenvalue weighted by Crippen LogP contribution is -1.95. The zero-order valence-electron chi connectivity index (χ0n) is 5.49. The van der Waals surface area contributed by atoms with Gasteiger partial charge in [-0.05, 0) is 31.9 Å². The maximum Gasteiger partial charge on any atom is 0.281 e. The van der Waals surface area contributed by atoms with Gasteiger partial charge in [0.2, 0.25) is 5.95 Å². The standard InChI is InChI=1S/C6H2Br2F3N/c7-2-1-3(9)12-5(4(2)8)6(10)11/h1,6H. The van der Waals surface area contributed by atoms with E-state index in [4.69, 9.17) is 0 Å². The van der Waals surface area contributed by atoms with Crippen LogP contribution < -0.4 is 0 Å². The van der Waals surface area contributed by atoms with Crippen molar-refractivity contribution in [2.75, 3.05) is 0 Å². The predicted molar refractivity (Wildman–Crippen MR) is 44.6 cm³/mol. The SMILES string of the molecule is Fc1cc(Br)c(Br)c(C(F)F)n1. The van der Waals surface area contributed by atoms with Gasteiger partial charge < -0.3 is 0 Å². The molecule has 1 aromatic rings. The fourth-order valence-corrected chi connectivity index (χ4v) is 1.40. The summed E-state index contributed by atoms with van der Waals surface area (Å²) in [5.41, 5.74) is -0.595. The minimum Gasteiger partial charge on any atom is -0.217 e. The summed E-state index contributed by atoms with van der Waals surface area (Å²) in [6.07, 6.45) is -2.79. The van der Waals surface area contributed by atoms with Gasteiger partial charge in [0.05, 0.1) is 4.47 Å². The van der Waals surface area contributed by atoms with E-state index in [0.717, 1.165) is 6.07 Å². The van der Waals surface area contributed by atoms with E-state index in [9.17, 15) is 13.2 Å².